The number of nitrogens with zero attached hydrogens (tertiary/aromatic N) is 3. The number of anilines is 3. The van der Waals surface area contributed by atoms with Crippen molar-refractivity contribution in [3.63, 3.8) is 0 Å². The molecule has 0 amide bonds. The van der Waals surface area contributed by atoms with Gasteiger partial charge in [0.05, 0.1) is 35.3 Å². The summed E-state index contributed by atoms with van der Waals surface area (Å²) in [5, 5.41) is 6.58. The lowest BCUT2D eigenvalue weighted by atomic mass is 10.2. The molecule has 27 heavy (non-hydrogen) atoms. The van der Waals surface area contributed by atoms with Gasteiger partial charge in [-0.15, -0.1) is 0 Å². The fraction of sp³-hybridized carbons (Fsp3) is 0.190. The van der Waals surface area contributed by atoms with Crippen LogP contribution in [0.2, 0.25) is 0 Å². The summed E-state index contributed by atoms with van der Waals surface area (Å²) in [6, 6.07) is 22.1. The van der Waals surface area contributed by atoms with Crippen molar-refractivity contribution in [2.24, 2.45) is 5.10 Å². The first kappa shape index (κ1) is 17.8. The van der Waals surface area contributed by atoms with Gasteiger partial charge in [-0.1, -0.05) is 36.4 Å². The number of benzene rings is 2. The second-order valence-electron chi connectivity index (χ2n) is 6.13. The van der Waals surface area contributed by atoms with Crippen LogP contribution < -0.4 is 9.91 Å². The maximum absolute atomic E-state index is 6.02. The molecule has 4 rings (SSSR count). The van der Waals surface area contributed by atoms with E-state index in [0.29, 0.717) is 19.0 Å². The molecule has 1 aliphatic heterocycles. The normalized spacial score (nSPS) is 14.6. The lowest BCUT2D eigenvalue weighted by molar-refractivity contribution is 0.120. The highest BCUT2D eigenvalue weighted by Crippen LogP contribution is 2.31. The van der Waals surface area contributed by atoms with Crippen LogP contribution >= 0.6 is 15.9 Å². The number of morpholine rings is 1. The van der Waals surface area contributed by atoms with Crippen LogP contribution in [0.25, 0.3) is 0 Å². The number of hydrogen-bond acceptors (Lipinski definition) is 5. The average Bonchev–Trinajstić information content (AvgIpc) is 3.11. The van der Waals surface area contributed by atoms with Gasteiger partial charge in [0.2, 0.25) is 5.88 Å². The zero-order valence-electron chi connectivity index (χ0n) is 14.8. The Balaban J connectivity index is 1.61. The predicted octanol–water partition coefficient (Wildman–Crippen LogP) is 5.05. The number of rotatable bonds is 5. The molecule has 5 nitrogen and oxygen atoms in total. The number of halogens is 1. The minimum absolute atomic E-state index is 0.695. The topological polar surface area (TPSA) is 41.2 Å². The molecule has 0 N–H and O–H groups in total. The van der Waals surface area contributed by atoms with Crippen molar-refractivity contribution in [2.75, 3.05) is 36.2 Å². The Morgan fingerprint density at radius 2 is 1.52 bits per heavy atom. The Hall–Kier alpha value is -2.57. The van der Waals surface area contributed by atoms with Crippen LogP contribution in [0.4, 0.5) is 17.3 Å². The monoisotopic (exact) mass is 425 g/mol. The lowest BCUT2D eigenvalue weighted by Crippen LogP contribution is -2.36. The van der Waals surface area contributed by atoms with Gasteiger partial charge >= 0.3 is 0 Å². The molecule has 0 atom stereocenters. The molecule has 0 spiro atoms. The molecular formula is C21H20BrN3O2. The fourth-order valence-electron chi connectivity index (χ4n) is 2.96. The number of para-hydroxylation sites is 2. The predicted molar refractivity (Wildman–Crippen MR) is 112 cm³/mol. The summed E-state index contributed by atoms with van der Waals surface area (Å²) in [7, 11) is 0. The van der Waals surface area contributed by atoms with Crippen molar-refractivity contribution < 1.29 is 9.15 Å². The van der Waals surface area contributed by atoms with Gasteiger partial charge in [-0.25, -0.2) is 5.01 Å². The summed E-state index contributed by atoms with van der Waals surface area (Å²) in [5.74, 6) is 1.52. The molecular weight excluding hydrogens is 406 g/mol. The van der Waals surface area contributed by atoms with Crippen molar-refractivity contribution in [2.45, 2.75) is 0 Å². The van der Waals surface area contributed by atoms with Crippen LogP contribution in [0, 0.1) is 0 Å². The lowest BCUT2D eigenvalue weighted by Gasteiger charge is -2.26. The summed E-state index contributed by atoms with van der Waals surface area (Å²) < 4.78 is 12.4. The molecule has 0 bridgehead atoms. The van der Waals surface area contributed by atoms with Gasteiger partial charge in [0.1, 0.15) is 0 Å². The Bertz CT molecular complexity index is 851. The van der Waals surface area contributed by atoms with E-state index in [1.807, 2.05) is 71.7 Å². The van der Waals surface area contributed by atoms with E-state index in [9.17, 15) is 0 Å². The van der Waals surface area contributed by atoms with Crippen LogP contribution in [-0.4, -0.2) is 32.5 Å². The van der Waals surface area contributed by atoms with Crippen molar-refractivity contribution in [3.8, 4) is 0 Å². The highest BCUT2D eigenvalue weighted by Gasteiger charge is 2.18. The quantitative estimate of drug-likeness (QED) is 0.423. The molecule has 1 aromatic heterocycles. The molecule has 0 saturated carbocycles. The highest BCUT2D eigenvalue weighted by molar-refractivity contribution is 9.10. The average molecular weight is 426 g/mol. The van der Waals surface area contributed by atoms with Crippen LogP contribution in [-0.2, 0) is 4.74 Å². The summed E-state index contributed by atoms with van der Waals surface area (Å²) >= 11 is 3.60. The van der Waals surface area contributed by atoms with Gasteiger partial charge in [0, 0.05) is 19.2 Å². The Morgan fingerprint density at radius 3 is 2.11 bits per heavy atom. The maximum Gasteiger partial charge on any atom is 0.210 e. The summed E-state index contributed by atoms with van der Waals surface area (Å²) in [6.07, 6.45) is 1.74. The third-order valence-electron chi connectivity index (χ3n) is 4.29. The molecule has 1 saturated heterocycles. The molecule has 0 unspecified atom stereocenters. The summed E-state index contributed by atoms with van der Waals surface area (Å²) in [6.45, 7) is 3.07. The van der Waals surface area contributed by atoms with Crippen molar-refractivity contribution in [1.29, 1.82) is 0 Å². The second-order valence-corrected chi connectivity index (χ2v) is 6.98. The largest absolute Gasteiger partial charge is 0.438 e. The summed E-state index contributed by atoms with van der Waals surface area (Å²) in [4.78, 5) is 2.18. The number of ether oxygens (including phenoxy) is 1. The van der Waals surface area contributed by atoms with E-state index in [0.717, 1.165) is 34.8 Å². The number of hydrogen-bond donors (Lipinski definition) is 0. The standard InChI is InChI=1S/C21H20BrN3O2/c22-20-15-19(27-21(20)24-11-13-26-14-12-24)16-23-25(17-7-3-1-4-8-17)18-9-5-2-6-10-18/h1-10,15-16H,11-14H2/b23-16-. The summed E-state index contributed by atoms with van der Waals surface area (Å²) in [5.41, 5.74) is 1.97. The van der Waals surface area contributed by atoms with E-state index in [1.165, 1.54) is 0 Å². The second kappa shape index (κ2) is 8.41. The Labute approximate surface area is 167 Å². The Kier molecular flexibility index (Phi) is 5.55. The molecule has 138 valence electrons. The van der Waals surface area contributed by atoms with E-state index in [-0.39, 0.29) is 0 Å². The third-order valence-corrected chi connectivity index (χ3v) is 4.86. The van der Waals surface area contributed by atoms with Crippen molar-refractivity contribution in [3.05, 3.63) is 77.0 Å². The maximum atomic E-state index is 6.02. The first-order valence-corrected chi connectivity index (χ1v) is 9.67. The number of furan rings is 1. The fourth-order valence-corrected chi connectivity index (χ4v) is 3.51. The van der Waals surface area contributed by atoms with Crippen LogP contribution in [0.1, 0.15) is 5.76 Å². The molecule has 1 fully saturated rings. The van der Waals surface area contributed by atoms with Crippen LogP contribution in [0.3, 0.4) is 0 Å². The van der Waals surface area contributed by atoms with Gasteiger partial charge in [0.15, 0.2) is 5.76 Å². The van der Waals surface area contributed by atoms with Crippen molar-refractivity contribution in [1.82, 2.24) is 0 Å². The molecule has 1 aliphatic rings. The smallest absolute Gasteiger partial charge is 0.210 e. The van der Waals surface area contributed by atoms with Crippen LogP contribution in [0.15, 0.2) is 80.7 Å². The highest BCUT2D eigenvalue weighted by atomic mass is 79.9. The van der Waals surface area contributed by atoms with E-state index in [2.05, 4.69) is 25.9 Å². The van der Waals surface area contributed by atoms with E-state index >= 15 is 0 Å². The number of hydrazone groups is 1. The van der Waals surface area contributed by atoms with E-state index in [1.54, 1.807) is 6.21 Å². The zero-order valence-corrected chi connectivity index (χ0v) is 16.4. The van der Waals surface area contributed by atoms with Gasteiger partial charge in [-0.3, -0.25) is 0 Å². The Morgan fingerprint density at radius 1 is 0.926 bits per heavy atom. The molecule has 0 aliphatic carbocycles. The molecule has 6 heteroatoms. The van der Waals surface area contributed by atoms with Crippen LogP contribution in [0.5, 0.6) is 0 Å². The van der Waals surface area contributed by atoms with E-state index in [4.69, 9.17) is 9.15 Å². The zero-order chi connectivity index (χ0) is 18.5. The van der Waals surface area contributed by atoms with Gasteiger partial charge in [0.25, 0.3) is 0 Å². The van der Waals surface area contributed by atoms with Gasteiger partial charge in [-0.05, 0) is 40.2 Å². The molecule has 2 aromatic carbocycles. The molecule has 0 radical (unpaired) electrons. The first-order chi connectivity index (χ1) is 13.3. The minimum Gasteiger partial charge on any atom is -0.438 e. The first-order valence-electron chi connectivity index (χ1n) is 8.87. The van der Waals surface area contributed by atoms with Gasteiger partial charge < -0.3 is 14.1 Å². The van der Waals surface area contributed by atoms with Gasteiger partial charge in [-0.2, -0.15) is 5.10 Å². The SMILES string of the molecule is Brc1cc(/C=N\N(c2ccccc2)c2ccccc2)oc1N1CCOCC1. The molecule has 2 heterocycles. The molecule has 3 aromatic rings. The van der Waals surface area contributed by atoms with E-state index < -0.39 is 0 Å². The minimum atomic E-state index is 0.695. The third kappa shape index (κ3) is 4.23. The van der Waals surface area contributed by atoms with Crippen molar-refractivity contribution >= 4 is 39.4 Å².